The van der Waals surface area contributed by atoms with Gasteiger partial charge in [0.1, 0.15) is 11.6 Å². The van der Waals surface area contributed by atoms with Gasteiger partial charge in [-0.05, 0) is 46.3 Å². The number of anilines is 1. The predicted octanol–water partition coefficient (Wildman–Crippen LogP) is 4.14. The van der Waals surface area contributed by atoms with Crippen LogP contribution in [0, 0.1) is 5.82 Å². The fourth-order valence-corrected chi connectivity index (χ4v) is 2.13. The molecule has 0 aliphatic rings. The largest absolute Gasteiger partial charge is 0.497 e. The van der Waals surface area contributed by atoms with Crippen LogP contribution in [0.5, 0.6) is 5.75 Å². The van der Waals surface area contributed by atoms with Crippen LogP contribution < -0.4 is 10.1 Å². The molecule has 0 bridgehead atoms. The average Bonchev–Trinajstić information content (AvgIpc) is 2.44. The maximum absolute atomic E-state index is 13.1. The number of amides is 1. The van der Waals surface area contributed by atoms with Gasteiger partial charge in [0.2, 0.25) is 0 Å². The number of carbonyl (C=O) groups is 1. The van der Waals surface area contributed by atoms with E-state index in [0.29, 0.717) is 17.0 Å². The van der Waals surface area contributed by atoms with Gasteiger partial charge in [-0.25, -0.2) is 4.39 Å². The number of carbonyl (C=O) groups excluding carboxylic acids is 1. The van der Waals surface area contributed by atoms with Gasteiger partial charge in [0.15, 0.2) is 0 Å². The van der Waals surface area contributed by atoms with Crippen LogP contribution in [-0.2, 0) is 0 Å². The molecule has 6 heteroatoms. The van der Waals surface area contributed by atoms with Crippen molar-refractivity contribution in [2.24, 2.45) is 0 Å². The van der Waals surface area contributed by atoms with Crippen molar-refractivity contribution in [1.82, 2.24) is 0 Å². The van der Waals surface area contributed by atoms with Crippen molar-refractivity contribution in [3.05, 3.63) is 52.3 Å². The number of benzene rings is 2. The molecule has 0 saturated carbocycles. The Morgan fingerprint density at radius 3 is 2.70 bits per heavy atom. The summed E-state index contributed by atoms with van der Waals surface area (Å²) < 4.78 is 18.9. The van der Waals surface area contributed by atoms with Crippen molar-refractivity contribution in [2.45, 2.75) is 4.90 Å². The molecule has 0 unspecified atom stereocenters. The Kier molecular flexibility index (Phi) is 4.67. The summed E-state index contributed by atoms with van der Waals surface area (Å²) >= 11 is 7.30. The van der Waals surface area contributed by atoms with E-state index >= 15 is 0 Å². The monoisotopic (exact) mass is 355 g/mol. The quantitative estimate of drug-likeness (QED) is 0.812. The van der Waals surface area contributed by atoms with Crippen LogP contribution in [0.2, 0.25) is 0 Å². The first-order chi connectivity index (χ1) is 9.51. The first kappa shape index (κ1) is 14.9. The first-order valence-corrected chi connectivity index (χ1v) is 6.88. The molecule has 1 N–H and O–H groups in total. The second-order valence-electron chi connectivity index (χ2n) is 3.97. The number of halogens is 2. The molecule has 0 spiro atoms. The Balaban J connectivity index is 2.25. The molecule has 0 saturated heterocycles. The second-order valence-corrected chi connectivity index (χ2v) is 5.30. The minimum absolute atomic E-state index is 0.127. The van der Waals surface area contributed by atoms with Gasteiger partial charge in [0.25, 0.3) is 5.91 Å². The molecule has 0 radical (unpaired) electrons. The van der Waals surface area contributed by atoms with Crippen LogP contribution in [0.15, 0.2) is 45.8 Å². The highest BCUT2D eigenvalue weighted by Crippen LogP contribution is 2.27. The first-order valence-electron chi connectivity index (χ1n) is 5.64. The molecule has 0 aliphatic carbocycles. The van der Waals surface area contributed by atoms with Crippen LogP contribution >= 0.6 is 28.6 Å². The van der Waals surface area contributed by atoms with Crippen LogP contribution in [0.1, 0.15) is 10.4 Å². The van der Waals surface area contributed by atoms with E-state index < -0.39 is 5.82 Å². The van der Waals surface area contributed by atoms with Crippen molar-refractivity contribution < 1.29 is 13.9 Å². The normalized spacial score (nSPS) is 10.2. The smallest absolute Gasteiger partial charge is 0.255 e. The highest BCUT2D eigenvalue weighted by atomic mass is 79.9. The summed E-state index contributed by atoms with van der Waals surface area (Å²) in [7, 11) is 1.54. The number of thiol groups is 1. The summed E-state index contributed by atoms with van der Waals surface area (Å²) in [5.74, 6) is -0.195. The molecule has 0 aromatic heterocycles. The zero-order valence-corrected chi connectivity index (χ0v) is 13.0. The molecule has 0 heterocycles. The summed E-state index contributed by atoms with van der Waals surface area (Å²) in [5, 5.41) is 2.73. The van der Waals surface area contributed by atoms with E-state index in [0.717, 1.165) is 4.47 Å². The van der Waals surface area contributed by atoms with Gasteiger partial charge in [-0.3, -0.25) is 4.79 Å². The third kappa shape index (κ3) is 3.32. The number of hydrogen-bond donors (Lipinski definition) is 2. The number of ether oxygens (including phenoxy) is 1. The fourth-order valence-electron chi connectivity index (χ4n) is 1.58. The molecular formula is C14H11BrFNO2S. The van der Waals surface area contributed by atoms with E-state index in [-0.39, 0.29) is 10.8 Å². The van der Waals surface area contributed by atoms with Gasteiger partial charge in [-0.1, -0.05) is 0 Å². The van der Waals surface area contributed by atoms with Gasteiger partial charge < -0.3 is 10.1 Å². The van der Waals surface area contributed by atoms with Crippen molar-refractivity contribution in [3.8, 4) is 5.75 Å². The lowest BCUT2D eigenvalue weighted by molar-refractivity contribution is 0.102. The Morgan fingerprint density at radius 1 is 1.30 bits per heavy atom. The number of hydrogen-bond acceptors (Lipinski definition) is 3. The highest BCUT2D eigenvalue weighted by Gasteiger charge is 2.11. The van der Waals surface area contributed by atoms with Crippen LogP contribution in [0.25, 0.3) is 0 Å². The van der Waals surface area contributed by atoms with Gasteiger partial charge >= 0.3 is 0 Å². The van der Waals surface area contributed by atoms with Gasteiger partial charge in [-0.2, -0.15) is 0 Å². The molecule has 1 amide bonds. The Hall–Kier alpha value is -1.53. The fraction of sp³-hybridized carbons (Fsp3) is 0.0714. The molecule has 0 atom stereocenters. The maximum Gasteiger partial charge on any atom is 0.255 e. The molecule has 20 heavy (non-hydrogen) atoms. The number of nitrogens with one attached hydrogen (secondary N) is 1. The molecule has 2 aromatic carbocycles. The van der Waals surface area contributed by atoms with E-state index in [1.165, 1.54) is 18.2 Å². The lowest BCUT2D eigenvalue weighted by atomic mass is 10.2. The zero-order valence-electron chi connectivity index (χ0n) is 10.5. The lowest BCUT2D eigenvalue weighted by Gasteiger charge is -2.09. The van der Waals surface area contributed by atoms with Gasteiger partial charge in [0, 0.05) is 21.0 Å². The number of methoxy groups -OCH3 is 1. The Morgan fingerprint density at radius 2 is 2.05 bits per heavy atom. The minimum atomic E-state index is -0.465. The summed E-state index contributed by atoms with van der Waals surface area (Å²) in [6, 6.07) is 9.21. The van der Waals surface area contributed by atoms with Crippen molar-refractivity contribution in [1.29, 1.82) is 0 Å². The van der Waals surface area contributed by atoms with E-state index in [1.54, 1.807) is 25.3 Å². The molecule has 0 fully saturated rings. The van der Waals surface area contributed by atoms with E-state index in [1.807, 2.05) is 0 Å². The van der Waals surface area contributed by atoms with Gasteiger partial charge in [0.05, 0.1) is 12.8 Å². The third-order valence-corrected chi connectivity index (χ3v) is 3.66. The van der Waals surface area contributed by atoms with E-state index in [2.05, 4.69) is 33.9 Å². The molecule has 3 nitrogen and oxygen atoms in total. The van der Waals surface area contributed by atoms with Crippen LogP contribution in [0.4, 0.5) is 10.1 Å². The Bertz CT molecular complexity index is 664. The van der Waals surface area contributed by atoms with Gasteiger partial charge in [-0.15, -0.1) is 12.6 Å². The SMILES string of the molecule is COc1ccc(Br)c(NC(=O)c2ccc(F)c(S)c2)c1. The molecule has 2 rings (SSSR count). The highest BCUT2D eigenvalue weighted by molar-refractivity contribution is 9.10. The van der Waals surface area contributed by atoms with Crippen molar-refractivity contribution in [2.75, 3.05) is 12.4 Å². The standard InChI is InChI=1S/C14H11BrFNO2S/c1-19-9-3-4-10(15)12(7-9)17-14(18)8-2-5-11(16)13(20)6-8/h2-7,20H,1H3,(H,17,18). The Labute approximate surface area is 129 Å². The van der Waals surface area contributed by atoms with E-state index in [9.17, 15) is 9.18 Å². The zero-order chi connectivity index (χ0) is 14.7. The third-order valence-electron chi connectivity index (χ3n) is 2.63. The predicted molar refractivity (Wildman–Crippen MR) is 82.3 cm³/mol. The van der Waals surface area contributed by atoms with Crippen molar-refractivity contribution >= 4 is 40.2 Å². The second kappa shape index (κ2) is 6.28. The lowest BCUT2D eigenvalue weighted by Crippen LogP contribution is -2.12. The van der Waals surface area contributed by atoms with Crippen LogP contribution in [0.3, 0.4) is 0 Å². The van der Waals surface area contributed by atoms with E-state index in [4.69, 9.17) is 4.74 Å². The average molecular weight is 356 g/mol. The maximum atomic E-state index is 13.1. The topological polar surface area (TPSA) is 38.3 Å². The summed E-state index contributed by atoms with van der Waals surface area (Å²) in [4.78, 5) is 12.2. The summed E-state index contributed by atoms with van der Waals surface area (Å²) in [5.41, 5.74) is 0.894. The summed E-state index contributed by atoms with van der Waals surface area (Å²) in [6.45, 7) is 0. The van der Waals surface area contributed by atoms with Crippen LogP contribution in [-0.4, -0.2) is 13.0 Å². The van der Waals surface area contributed by atoms with Crippen molar-refractivity contribution in [3.63, 3.8) is 0 Å². The molecule has 104 valence electrons. The molecule has 0 aliphatic heterocycles. The number of rotatable bonds is 3. The molecular weight excluding hydrogens is 345 g/mol. The summed E-state index contributed by atoms with van der Waals surface area (Å²) in [6.07, 6.45) is 0. The molecule has 2 aromatic rings. The minimum Gasteiger partial charge on any atom is -0.497 e.